The molecule has 0 spiro atoms. The standard InChI is InChI=1S/C14H18BrN3O/c1-14(2,19)11-3-5-18(6-4-11)13-10(8-16)7-12(15)9-17-13/h7,9,11,19H,3-6H2,1-2H3. The molecule has 0 bridgehead atoms. The highest BCUT2D eigenvalue weighted by Gasteiger charge is 2.31. The van der Waals surface area contributed by atoms with E-state index in [1.165, 1.54) is 0 Å². The van der Waals surface area contributed by atoms with Crippen molar-refractivity contribution < 1.29 is 5.11 Å². The van der Waals surface area contributed by atoms with Crippen molar-refractivity contribution in [3.8, 4) is 6.07 Å². The Morgan fingerprint density at radius 2 is 2.11 bits per heavy atom. The summed E-state index contributed by atoms with van der Waals surface area (Å²) in [6.45, 7) is 5.40. The first-order chi connectivity index (χ1) is 8.91. The number of hydrogen-bond acceptors (Lipinski definition) is 4. The second-order valence-corrected chi connectivity index (χ2v) is 6.47. The van der Waals surface area contributed by atoms with E-state index in [1.807, 2.05) is 13.8 Å². The monoisotopic (exact) mass is 323 g/mol. The van der Waals surface area contributed by atoms with E-state index in [-0.39, 0.29) is 0 Å². The smallest absolute Gasteiger partial charge is 0.146 e. The molecule has 1 aliphatic heterocycles. The molecule has 1 saturated heterocycles. The van der Waals surface area contributed by atoms with Gasteiger partial charge in [-0.05, 0) is 54.6 Å². The molecule has 0 atom stereocenters. The predicted molar refractivity (Wildman–Crippen MR) is 77.9 cm³/mol. The minimum atomic E-state index is -0.628. The number of nitrogens with zero attached hydrogens (tertiary/aromatic N) is 3. The molecule has 4 nitrogen and oxygen atoms in total. The lowest BCUT2D eigenvalue weighted by molar-refractivity contribution is 0.00646. The van der Waals surface area contributed by atoms with Crippen LogP contribution in [-0.4, -0.2) is 28.8 Å². The molecule has 1 aliphatic rings. The summed E-state index contributed by atoms with van der Waals surface area (Å²) < 4.78 is 0.819. The van der Waals surface area contributed by atoms with Crippen molar-refractivity contribution >= 4 is 21.7 Å². The number of aliphatic hydroxyl groups is 1. The van der Waals surface area contributed by atoms with Gasteiger partial charge in [0.1, 0.15) is 11.9 Å². The van der Waals surface area contributed by atoms with Crippen LogP contribution in [0, 0.1) is 17.2 Å². The summed E-state index contributed by atoms with van der Waals surface area (Å²) in [7, 11) is 0. The quantitative estimate of drug-likeness (QED) is 0.909. The number of aromatic nitrogens is 1. The lowest BCUT2D eigenvalue weighted by Gasteiger charge is -2.38. The molecular weight excluding hydrogens is 306 g/mol. The van der Waals surface area contributed by atoms with Crippen molar-refractivity contribution in [2.24, 2.45) is 5.92 Å². The molecule has 1 N–H and O–H groups in total. The normalized spacial score (nSPS) is 17.3. The molecule has 0 amide bonds. The second-order valence-electron chi connectivity index (χ2n) is 5.55. The molecule has 0 aromatic carbocycles. The summed E-state index contributed by atoms with van der Waals surface area (Å²) in [5.74, 6) is 1.06. The van der Waals surface area contributed by atoms with Crippen LogP contribution in [0.15, 0.2) is 16.7 Å². The fourth-order valence-corrected chi connectivity index (χ4v) is 2.90. The minimum Gasteiger partial charge on any atom is -0.390 e. The van der Waals surface area contributed by atoms with Crippen molar-refractivity contribution in [2.45, 2.75) is 32.3 Å². The maximum absolute atomic E-state index is 10.0. The number of pyridine rings is 1. The second kappa shape index (κ2) is 5.48. The summed E-state index contributed by atoms with van der Waals surface area (Å²) in [6, 6.07) is 3.99. The Morgan fingerprint density at radius 3 is 2.63 bits per heavy atom. The van der Waals surface area contributed by atoms with E-state index < -0.39 is 5.60 Å². The van der Waals surface area contributed by atoms with Gasteiger partial charge in [0, 0.05) is 23.8 Å². The maximum Gasteiger partial charge on any atom is 0.146 e. The molecule has 0 unspecified atom stereocenters. The van der Waals surface area contributed by atoms with Crippen LogP contribution < -0.4 is 4.90 Å². The first kappa shape index (κ1) is 14.3. The molecule has 0 saturated carbocycles. The van der Waals surface area contributed by atoms with Crippen LogP contribution in [0.3, 0.4) is 0 Å². The van der Waals surface area contributed by atoms with Crippen molar-refractivity contribution in [2.75, 3.05) is 18.0 Å². The van der Waals surface area contributed by atoms with Gasteiger partial charge in [-0.3, -0.25) is 0 Å². The van der Waals surface area contributed by atoms with Gasteiger partial charge in [0.2, 0.25) is 0 Å². The number of anilines is 1. The van der Waals surface area contributed by atoms with E-state index in [0.717, 1.165) is 36.2 Å². The van der Waals surface area contributed by atoms with Gasteiger partial charge in [-0.2, -0.15) is 5.26 Å². The lowest BCUT2D eigenvalue weighted by atomic mass is 9.83. The van der Waals surface area contributed by atoms with E-state index >= 15 is 0 Å². The number of nitriles is 1. The van der Waals surface area contributed by atoms with E-state index in [9.17, 15) is 10.4 Å². The topological polar surface area (TPSA) is 60.1 Å². The molecule has 0 aliphatic carbocycles. The fraction of sp³-hybridized carbons (Fsp3) is 0.571. The van der Waals surface area contributed by atoms with Crippen LogP contribution in [0.5, 0.6) is 0 Å². The summed E-state index contributed by atoms with van der Waals surface area (Å²) in [6.07, 6.45) is 3.57. The average molecular weight is 324 g/mol. The van der Waals surface area contributed by atoms with Crippen LogP contribution in [0.4, 0.5) is 5.82 Å². The highest BCUT2D eigenvalue weighted by Crippen LogP contribution is 2.31. The predicted octanol–water partition coefficient (Wildman–Crippen LogP) is 2.70. The highest BCUT2D eigenvalue weighted by molar-refractivity contribution is 9.10. The Balaban J connectivity index is 2.12. The molecule has 1 aromatic heterocycles. The molecule has 5 heteroatoms. The van der Waals surface area contributed by atoms with Crippen molar-refractivity contribution in [3.63, 3.8) is 0 Å². The molecule has 2 rings (SSSR count). The molecular formula is C14H18BrN3O. The molecule has 2 heterocycles. The van der Waals surface area contributed by atoms with Crippen LogP contribution in [0.2, 0.25) is 0 Å². The Kier molecular flexibility index (Phi) is 4.12. The zero-order chi connectivity index (χ0) is 14.0. The zero-order valence-corrected chi connectivity index (χ0v) is 12.8. The number of piperidine rings is 1. The highest BCUT2D eigenvalue weighted by atomic mass is 79.9. The molecule has 1 fully saturated rings. The first-order valence-electron chi connectivity index (χ1n) is 6.45. The van der Waals surface area contributed by atoms with Gasteiger partial charge in [0.15, 0.2) is 0 Å². The van der Waals surface area contributed by atoms with E-state index in [0.29, 0.717) is 11.5 Å². The molecule has 1 aromatic rings. The summed E-state index contributed by atoms with van der Waals surface area (Å²) >= 11 is 3.33. The Hall–Kier alpha value is -1.12. The number of rotatable bonds is 2. The maximum atomic E-state index is 10.0. The third-order valence-electron chi connectivity index (χ3n) is 3.75. The number of halogens is 1. The molecule has 19 heavy (non-hydrogen) atoms. The van der Waals surface area contributed by atoms with Gasteiger partial charge < -0.3 is 10.0 Å². The first-order valence-corrected chi connectivity index (χ1v) is 7.24. The minimum absolute atomic E-state index is 0.310. The third kappa shape index (κ3) is 3.26. The van der Waals surface area contributed by atoms with Crippen LogP contribution in [0.1, 0.15) is 32.3 Å². The Morgan fingerprint density at radius 1 is 1.47 bits per heavy atom. The zero-order valence-electron chi connectivity index (χ0n) is 11.2. The lowest BCUT2D eigenvalue weighted by Crippen LogP contribution is -2.42. The van der Waals surface area contributed by atoms with Crippen LogP contribution in [-0.2, 0) is 0 Å². The SMILES string of the molecule is CC(C)(O)C1CCN(c2ncc(Br)cc2C#N)CC1. The molecule has 0 radical (unpaired) electrons. The van der Waals surface area contributed by atoms with Gasteiger partial charge >= 0.3 is 0 Å². The van der Waals surface area contributed by atoms with Crippen molar-refractivity contribution in [1.29, 1.82) is 5.26 Å². The Labute approximate surface area is 122 Å². The van der Waals surface area contributed by atoms with E-state index in [2.05, 4.69) is 31.9 Å². The van der Waals surface area contributed by atoms with Gasteiger partial charge in [-0.1, -0.05) is 0 Å². The van der Waals surface area contributed by atoms with E-state index in [4.69, 9.17) is 0 Å². The summed E-state index contributed by atoms with van der Waals surface area (Å²) in [5, 5.41) is 19.2. The largest absolute Gasteiger partial charge is 0.390 e. The van der Waals surface area contributed by atoms with Crippen molar-refractivity contribution in [1.82, 2.24) is 4.98 Å². The van der Waals surface area contributed by atoms with Crippen LogP contribution >= 0.6 is 15.9 Å². The number of hydrogen-bond donors (Lipinski definition) is 1. The fourth-order valence-electron chi connectivity index (χ4n) is 2.56. The average Bonchev–Trinajstić information content (AvgIpc) is 2.37. The van der Waals surface area contributed by atoms with Crippen LogP contribution in [0.25, 0.3) is 0 Å². The van der Waals surface area contributed by atoms with Gasteiger partial charge in [0.25, 0.3) is 0 Å². The van der Waals surface area contributed by atoms with E-state index in [1.54, 1.807) is 12.3 Å². The summed E-state index contributed by atoms with van der Waals surface area (Å²) in [4.78, 5) is 6.49. The summed E-state index contributed by atoms with van der Waals surface area (Å²) in [5.41, 5.74) is -0.0341. The van der Waals surface area contributed by atoms with Crippen molar-refractivity contribution in [3.05, 3.63) is 22.3 Å². The van der Waals surface area contributed by atoms with Gasteiger partial charge in [-0.25, -0.2) is 4.98 Å². The Bertz CT molecular complexity index is 496. The van der Waals surface area contributed by atoms with Gasteiger partial charge in [0.05, 0.1) is 11.2 Å². The van der Waals surface area contributed by atoms with Gasteiger partial charge in [-0.15, -0.1) is 0 Å². The molecule has 102 valence electrons. The third-order valence-corrected chi connectivity index (χ3v) is 4.18.